The fourth-order valence-electron chi connectivity index (χ4n) is 4.42. The van der Waals surface area contributed by atoms with Crippen molar-refractivity contribution in [3.63, 3.8) is 0 Å². The van der Waals surface area contributed by atoms with E-state index in [9.17, 15) is 18.0 Å². The molecule has 2 aliphatic rings. The number of H-pyrrole nitrogens is 1. The number of nitrogens with zero attached hydrogens (tertiary/aromatic N) is 4. The van der Waals surface area contributed by atoms with E-state index < -0.39 is 15.9 Å². The van der Waals surface area contributed by atoms with Gasteiger partial charge in [-0.1, -0.05) is 18.2 Å². The Morgan fingerprint density at radius 2 is 1.78 bits per heavy atom. The van der Waals surface area contributed by atoms with Crippen LogP contribution in [0.5, 0.6) is 0 Å². The molecule has 2 saturated heterocycles. The molecule has 0 bridgehead atoms. The van der Waals surface area contributed by atoms with Crippen molar-refractivity contribution in [1.29, 1.82) is 0 Å². The lowest BCUT2D eigenvalue weighted by molar-refractivity contribution is -0.136. The van der Waals surface area contributed by atoms with E-state index in [0.29, 0.717) is 30.7 Å². The molecule has 2 amide bonds. The van der Waals surface area contributed by atoms with Gasteiger partial charge in [-0.05, 0) is 24.3 Å². The lowest BCUT2D eigenvalue weighted by Crippen LogP contribution is -2.52. The molecule has 1 unspecified atom stereocenters. The number of para-hydroxylation sites is 1. The summed E-state index contributed by atoms with van der Waals surface area (Å²) in [6, 6.07) is 12.7. The first-order valence-corrected chi connectivity index (χ1v) is 12.0. The molecule has 2 aromatic heterocycles. The Morgan fingerprint density at radius 3 is 2.53 bits per heavy atom. The Kier molecular flexibility index (Phi) is 5.18. The second-order valence-electron chi connectivity index (χ2n) is 8.02. The van der Waals surface area contributed by atoms with Gasteiger partial charge in [0, 0.05) is 62.6 Å². The van der Waals surface area contributed by atoms with E-state index in [0.717, 1.165) is 5.69 Å². The topological polar surface area (TPSA) is 107 Å². The van der Waals surface area contributed by atoms with Crippen molar-refractivity contribution in [3.8, 4) is 0 Å². The maximum atomic E-state index is 13.2. The van der Waals surface area contributed by atoms with E-state index >= 15 is 0 Å². The van der Waals surface area contributed by atoms with Crippen molar-refractivity contribution >= 4 is 38.6 Å². The summed E-state index contributed by atoms with van der Waals surface area (Å²) in [6.45, 7) is 1.38. The number of piperazine rings is 1. The number of aromatic nitrogens is 2. The van der Waals surface area contributed by atoms with Crippen molar-refractivity contribution in [2.24, 2.45) is 5.92 Å². The van der Waals surface area contributed by atoms with E-state index in [1.54, 1.807) is 28.1 Å². The molecular weight excluding hydrogens is 430 g/mol. The minimum absolute atomic E-state index is 0.0660. The zero-order valence-corrected chi connectivity index (χ0v) is 18.2. The summed E-state index contributed by atoms with van der Waals surface area (Å²) in [5, 5.41) is 0.552. The van der Waals surface area contributed by atoms with E-state index in [1.807, 2.05) is 30.3 Å². The molecule has 166 valence electrons. The number of rotatable bonds is 4. The molecule has 2 fully saturated rings. The van der Waals surface area contributed by atoms with Crippen LogP contribution in [0, 0.1) is 5.92 Å². The first-order valence-electron chi connectivity index (χ1n) is 10.5. The summed E-state index contributed by atoms with van der Waals surface area (Å²) in [5.74, 6) is -0.570. The SMILES string of the molecule is O=C(C1CC(=O)N(c2ccccc2)C1)N1CCN(S(=O)(=O)c2c[nH]c3ncccc23)CC1. The number of pyridine rings is 1. The third-order valence-electron chi connectivity index (χ3n) is 6.12. The third-order valence-corrected chi connectivity index (χ3v) is 8.06. The molecule has 4 heterocycles. The predicted molar refractivity (Wildman–Crippen MR) is 118 cm³/mol. The number of amides is 2. The van der Waals surface area contributed by atoms with Crippen LogP contribution >= 0.6 is 0 Å². The molecule has 0 aliphatic carbocycles. The summed E-state index contributed by atoms with van der Waals surface area (Å²) < 4.78 is 27.7. The maximum Gasteiger partial charge on any atom is 0.245 e. The van der Waals surface area contributed by atoms with Crippen LogP contribution in [0.2, 0.25) is 0 Å². The number of fused-ring (bicyclic) bond motifs is 1. The Bertz CT molecular complexity index is 1270. The Labute approximate surface area is 185 Å². The van der Waals surface area contributed by atoms with Gasteiger partial charge in [-0.25, -0.2) is 13.4 Å². The van der Waals surface area contributed by atoms with Gasteiger partial charge in [0.05, 0.1) is 5.92 Å². The molecule has 5 rings (SSSR count). The van der Waals surface area contributed by atoms with Gasteiger partial charge in [-0.2, -0.15) is 4.31 Å². The zero-order valence-electron chi connectivity index (χ0n) is 17.3. The van der Waals surface area contributed by atoms with Crippen LogP contribution in [0.15, 0.2) is 59.8 Å². The average Bonchev–Trinajstić information content (AvgIpc) is 3.43. The lowest BCUT2D eigenvalue weighted by Gasteiger charge is -2.35. The summed E-state index contributed by atoms with van der Waals surface area (Å²) in [7, 11) is -3.71. The van der Waals surface area contributed by atoms with Gasteiger partial charge in [-0.3, -0.25) is 9.59 Å². The number of carbonyl (C=O) groups is 2. The molecular formula is C22H23N5O4S. The summed E-state index contributed by atoms with van der Waals surface area (Å²) in [4.78, 5) is 36.1. The number of benzene rings is 1. The fourth-order valence-corrected chi connectivity index (χ4v) is 5.99. The van der Waals surface area contributed by atoms with Crippen LogP contribution in [-0.2, 0) is 19.6 Å². The van der Waals surface area contributed by atoms with Crippen LogP contribution < -0.4 is 4.90 Å². The highest BCUT2D eigenvalue weighted by Crippen LogP contribution is 2.28. The molecule has 1 N–H and O–H groups in total. The maximum absolute atomic E-state index is 13.2. The van der Waals surface area contributed by atoms with E-state index in [4.69, 9.17) is 0 Å². The second kappa shape index (κ2) is 8.03. The largest absolute Gasteiger partial charge is 0.345 e. The van der Waals surface area contributed by atoms with Gasteiger partial charge in [0.15, 0.2) is 0 Å². The lowest BCUT2D eigenvalue weighted by atomic mass is 10.1. The minimum Gasteiger partial charge on any atom is -0.345 e. The number of nitrogens with one attached hydrogen (secondary N) is 1. The molecule has 3 aromatic rings. The molecule has 0 spiro atoms. The Balaban J connectivity index is 1.25. The monoisotopic (exact) mass is 453 g/mol. The van der Waals surface area contributed by atoms with Gasteiger partial charge in [0.2, 0.25) is 21.8 Å². The summed E-state index contributed by atoms with van der Waals surface area (Å²) in [6.07, 6.45) is 3.24. The van der Waals surface area contributed by atoms with E-state index in [2.05, 4.69) is 9.97 Å². The molecule has 0 saturated carbocycles. The average molecular weight is 454 g/mol. The Morgan fingerprint density at radius 1 is 1.03 bits per heavy atom. The minimum atomic E-state index is -3.71. The van der Waals surface area contributed by atoms with Crippen molar-refractivity contribution in [2.75, 3.05) is 37.6 Å². The van der Waals surface area contributed by atoms with Crippen molar-refractivity contribution in [1.82, 2.24) is 19.2 Å². The predicted octanol–water partition coefficient (Wildman–Crippen LogP) is 1.45. The standard InChI is InChI=1S/C22H23N5O4S/c28-20-13-16(15-27(20)17-5-2-1-3-6-17)22(29)25-9-11-26(12-10-25)32(30,31)19-14-24-21-18(19)7-4-8-23-21/h1-8,14,16H,9-13,15H2,(H,23,24). The molecule has 10 heteroatoms. The van der Waals surface area contributed by atoms with Gasteiger partial charge in [-0.15, -0.1) is 0 Å². The van der Waals surface area contributed by atoms with Gasteiger partial charge in [0.1, 0.15) is 10.5 Å². The quantitative estimate of drug-likeness (QED) is 0.644. The molecule has 1 atom stereocenters. The highest BCUT2D eigenvalue weighted by Gasteiger charge is 2.39. The fraction of sp³-hybridized carbons (Fsp3) is 0.318. The van der Waals surface area contributed by atoms with Gasteiger partial charge >= 0.3 is 0 Å². The smallest absolute Gasteiger partial charge is 0.245 e. The number of sulfonamides is 1. The molecule has 1 aromatic carbocycles. The summed E-state index contributed by atoms with van der Waals surface area (Å²) in [5.41, 5.74) is 1.31. The second-order valence-corrected chi connectivity index (χ2v) is 9.93. The molecule has 0 radical (unpaired) electrons. The normalized spacial score (nSPS) is 20.2. The zero-order chi connectivity index (χ0) is 22.3. The number of anilines is 1. The highest BCUT2D eigenvalue weighted by molar-refractivity contribution is 7.89. The van der Waals surface area contributed by atoms with Crippen LogP contribution in [-0.4, -0.2) is 72.1 Å². The van der Waals surface area contributed by atoms with Crippen LogP contribution in [0.25, 0.3) is 11.0 Å². The van der Waals surface area contributed by atoms with Gasteiger partial charge < -0.3 is 14.8 Å². The van der Waals surface area contributed by atoms with Crippen molar-refractivity contribution in [2.45, 2.75) is 11.3 Å². The molecule has 32 heavy (non-hydrogen) atoms. The van der Waals surface area contributed by atoms with Crippen LogP contribution in [0.3, 0.4) is 0 Å². The Hall–Kier alpha value is -3.24. The number of carbonyl (C=O) groups excluding carboxylic acids is 2. The van der Waals surface area contributed by atoms with Crippen molar-refractivity contribution in [3.05, 3.63) is 54.9 Å². The molecule has 9 nitrogen and oxygen atoms in total. The third kappa shape index (κ3) is 3.55. The first-order chi connectivity index (χ1) is 15.4. The number of aromatic amines is 1. The van der Waals surface area contributed by atoms with Gasteiger partial charge in [0.25, 0.3) is 0 Å². The van der Waals surface area contributed by atoms with Crippen molar-refractivity contribution < 1.29 is 18.0 Å². The number of hydrogen-bond donors (Lipinski definition) is 1. The highest BCUT2D eigenvalue weighted by atomic mass is 32.2. The summed E-state index contributed by atoms with van der Waals surface area (Å²) >= 11 is 0. The van der Waals surface area contributed by atoms with E-state index in [-0.39, 0.29) is 36.2 Å². The van der Waals surface area contributed by atoms with Crippen LogP contribution in [0.1, 0.15) is 6.42 Å². The number of hydrogen-bond acceptors (Lipinski definition) is 5. The first kappa shape index (κ1) is 20.7. The van der Waals surface area contributed by atoms with E-state index in [1.165, 1.54) is 10.5 Å². The molecule has 2 aliphatic heterocycles. The van der Waals surface area contributed by atoms with Crippen LogP contribution in [0.4, 0.5) is 5.69 Å².